The molecule has 1 aromatic carbocycles. The van der Waals surface area contributed by atoms with Gasteiger partial charge >= 0.3 is 6.03 Å². The van der Waals surface area contributed by atoms with Crippen molar-refractivity contribution in [2.45, 2.75) is 50.6 Å². The van der Waals surface area contributed by atoms with Crippen molar-refractivity contribution in [1.29, 1.82) is 0 Å². The average Bonchev–Trinajstić information content (AvgIpc) is 3.17. The molecule has 3 amide bonds. The number of thiophene rings is 1. The van der Waals surface area contributed by atoms with Gasteiger partial charge in [-0.2, -0.15) is 0 Å². The van der Waals surface area contributed by atoms with Gasteiger partial charge in [-0.15, -0.1) is 11.3 Å². The molecule has 0 aliphatic heterocycles. The van der Waals surface area contributed by atoms with Crippen molar-refractivity contribution in [3.63, 3.8) is 0 Å². The molecular formula is C21H27N3O2S. The van der Waals surface area contributed by atoms with E-state index in [9.17, 15) is 9.59 Å². The molecular weight excluding hydrogens is 358 g/mol. The molecule has 27 heavy (non-hydrogen) atoms. The van der Waals surface area contributed by atoms with Crippen LogP contribution in [0.3, 0.4) is 0 Å². The summed E-state index contributed by atoms with van der Waals surface area (Å²) in [4.78, 5) is 25.6. The fourth-order valence-electron chi connectivity index (χ4n) is 3.49. The number of benzene rings is 1. The minimum atomic E-state index is -0.157. The van der Waals surface area contributed by atoms with Crippen LogP contribution in [-0.2, 0) is 17.6 Å². The van der Waals surface area contributed by atoms with E-state index in [0.29, 0.717) is 13.0 Å². The fourth-order valence-corrected chi connectivity index (χ4v) is 4.19. The predicted molar refractivity (Wildman–Crippen MR) is 109 cm³/mol. The van der Waals surface area contributed by atoms with Crippen LogP contribution in [-0.4, -0.2) is 30.6 Å². The molecule has 1 aliphatic carbocycles. The van der Waals surface area contributed by atoms with Crippen molar-refractivity contribution in [2.75, 3.05) is 6.54 Å². The molecule has 0 saturated heterocycles. The Morgan fingerprint density at radius 2 is 1.70 bits per heavy atom. The Bertz CT molecular complexity index is 718. The van der Waals surface area contributed by atoms with Gasteiger partial charge in [0.25, 0.3) is 0 Å². The molecule has 1 fully saturated rings. The second kappa shape index (κ2) is 10.1. The molecule has 1 saturated carbocycles. The summed E-state index contributed by atoms with van der Waals surface area (Å²) in [6, 6.07) is 13.9. The van der Waals surface area contributed by atoms with Crippen molar-refractivity contribution in [3.8, 4) is 0 Å². The molecule has 2 atom stereocenters. The maximum absolute atomic E-state index is 12.3. The van der Waals surface area contributed by atoms with E-state index >= 15 is 0 Å². The maximum atomic E-state index is 12.3. The average molecular weight is 386 g/mol. The van der Waals surface area contributed by atoms with E-state index in [2.05, 4.69) is 28.1 Å². The zero-order valence-electron chi connectivity index (χ0n) is 15.4. The number of carbonyl (C=O) groups is 2. The minimum absolute atomic E-state index is 0.00563. The number of hydrogen-bond donors (Lipinski definition) is 3. The molecule has 1 aromatic heterocycles. The number of rotatable bonds is 7. The molecule has 3 rings (SSSR count). The normalized spacial score (nSPS) is 19.3. The van der Waals surface area contributed by atoms with Crippen LogP contribution in [0.25, 0.3) is 0 Å². The van der Waals surface area contributed by atoms with Crippen LogP contribution in [0, 0.1) is 0 Å². The van der Waals surface area contributed by atoms with Crippen molar-refractivity contribution >= 4 is 23.3 Å². The first-order chi connectivity index (χ1) is 13.2. The summed E-state index contributed by atoms with van der Waals surface area (Å²) in [5.74, 6) is 0.0284. The first kappa shape index (κ1) is 19.4. The third-order valence-electron chi connectivity index (χ3n) is 4.89. The summed E-state index contributed by atoms with van der Waals surface area (Å²) < 4.78 is 0. The third-order valence-corrected chi connectivity index (χ3v) is 5.76. The lowest BCUT2D eigenvalue weighted by Gasteiger charge is -2.32. The molecule has 144 valence electrons. The molecule has 2 unspecified atom stereocenters. The highest BCUT2D eigenvalue weighted by Crippen LogP contribution is 2.19. The molecule has 0 spiro atoms. The molecule has 5 nitrogen and oxygen atoms in total. The predicted octanol–water partition coefficient (Wildman–Crippen LogP) is 3.26. The molecule has 6 heteroatoms. The molecule has 1 heterocycles. The van der Waals surface area contributed by atoms with Crippen LogP contribution < -0.4 is 16.0 Å². The number of amides is 3. The van der Waals surface area contributed by atoms with Crippen LogP contribution >= 0.6 is 11.3 Å². The lowest BCUT2D eigenvalue weighted by atomic mass is 9.90. The quantitative estimate of drug-likeness (QED) is 0.685. The molecule has 0 radical (unpaired) electrons. The largest absolute Gasteiger partial charge is 0.351 e. The smallest absolute Gasteiger partial charge is 0.315 e. The Morgan fingerprint density at radius 3 is 2.41 bits per heavy atom. The SMILES string of the molecule is O=C(Cc1cccs1)NC1CCCCC1NC(=O)NCCc1ccccc1. The number of nitrogens with one attached hydrogen (secondary N) is 3. The zero-order valence-corrected chi connectivity index (χ0v) is 16.3. The Hall–Kier alpha value is -2.34. The summed E-state index contributed by atoms with van der Waals surface area (Å²) in [6.45, 7) is 0.595. The minimum Gasteiger partial charge on any atom is -0.351 e. The van der Waals surface area contributed by atoms with Crippen LogP contribution in [0.15, 0.2) is 47.8 Å². The summed E-state index contributed by atoms with van der Waals surface area (Å²) in [7, 11) is 0. The Kier molecular flexibility index (Phi) is 7.27. The van der Waals surface area contributed by atoms with Crippen LogP contribution in [0.5, 0.6) is 0 Å². The van der Waals surface area contributed by atoms with Crippen LogP contribution in [0.4, 0.5) is 4.79 Å². The zero-order chi connectivity index (χ0) is 18.9. The lowest BCUT2D eigenvalue weighted by Crippen LogP contribution is -2.55. The van der Waals surface area contributed by atoms with E-state index in [0.717, 1.165) is 37.0 Å². The second-order valence-corrected chi connectivity index (χ2v) is 7.99. The summed E-state index contributed by atoms with van der Waals surface area (Å²) in [6.07, 6.45) is 5.18. The van der Waals surface area contributed by atoms with Gasteiger partial charge in [0, 0.05) is 17.5 Å². The highest BCUT2D eigenvalue weighted by molar-refractivity contribution is 7.10. The van der Waals surface area contributed by atoms with Crippen LogP contribution in [0.1, 0.15) is 36.1 Å². The standard InChI is InChI=1S/C21H27N3O2S/c25-20(15-17-9-6-14-27-17)23-18-10-4-5-11-19(18)24-21(26)22-13-12-16-7-2-1-3-8-16/h1-3,6-9,14,18-19H,4-5,10-13,15H2,(H,23,25)(H2,22,24,26). The molecule has 1 aliphatic rings. The highest BCUT2D eigenvalue weighted by atomic mass is 32.1. The van der Waals surface area contributed by atoms with Crippen molar-refractivity contribution in [3.05, 3.63) is 58.3 Å². The Balaban J connectivity index is 1.43. The number of carbonyl (C=O) groups excluding carboxylic acids is 2. The van der Waals surface area contributed by atoms with Gasteiger partial charge in [-0.1, -0.05) is 49.2 Å². The van der Waals surface area contributed by atoms with Gasteiger partial charge < -0.3 is 16.0 Å². The van der Waals surface area contributed by atoms with Gasteiger partial charge in [0.05, 0.1) is 12.5 Å². The van der Waals surface area contributed by atoms with E-state index in [1.54, 1.807) is 11.3 Å². The van der Waals surface area contributed by atoms with Gasteiger partial charge in [0.15, 0.2) is 0 Å². The van der Waals surface area contributed by atoms with Gasteiger partial charge in [-0.25, -0.2) is 4.79 Å². The molecule has 3 N–H and O–H groups in total. The van der Waals surface area contributed by atoms with Crippen molar-refractivity contribution in [2.24, 2.45) is 0 Å². The number of hydrogen-bond acceptors (Lipinski definition) is 3. The summed E-state index contributed by atoms with van der Waals surface area (Å²) >= 11 is 1.59. The fraction of sp³-hybridized carbons (Fsp3) is 0.429. The lowest BCUT2D eigenvalue weighted by molar-refractivity contribution is -0.121. The topological polar surface area (TPSA) is 70.2 Å². The molecule has 0 bridgehead atoms. The van der Waals surface area contributed by atoms with E-state index in [1.807, 2.05) is 35.7 Å². The van der Waals surface area contributed by atoms with E-state index < -0.39 is 0 Å². The van der Waals surface area contributed by atoms with Gasteiger partial charge in [-0.3, -0.25) is 4.79 Å². The second-order valence-electron chi connectivity index (χ2n) is 6.96. The Labute approximate surface area is 164 Å². The first-order valence-electron chi connectivity index (χ1n) is 9.61. The van der Waals surface area contributed by atoms with E-state index in [4.69, 9.17) is 0 Å². The van der Waals surface area contributed by atoms with Crippen molar-refractivity contribution < 1.29 is 9.59 Å². The first-order valence-corrected chi connectivity index (χ1v) is 10.5. The van der Waals surface area contributed by atoms with Gasteiger partial charge in [0.2, 0.25) is 5.91 Å². The van der Waals surface area contributed by atoms with Gasteiger partial charge in [0.1, 0.15) is 0 Å². The summed E-state index contributed by atoms with van der Waals surface area (Å²) in [5.41, 5.74) is 1.20. The van der Waals surface area contributed by atoms with Crippen molar-refractivity contribution in [1.82, 2.24) is 16.0 Å². The van der Waals surface area contributed by atoms with Gasteiger partial charge in [-0.05, 0) is 36.3 Å². The summed E-state index contributed by atoms with van der Waals surface area (Å²) in [5, 5.41) is 11.1. The maximum Gasteiger partial charge on any atom is 0.315 e. The van der Waals surface area contributed by atoms with E-state index in [1.165, 1.54) is 5.56 Å². The number of urea groups is 1. The van der Waals surface area contributed by atoms with E-state index in [-0.39, 0.29) is 24.0 Å². The third kappa shape index (κ3) is 6.40. The van der Waals surface area contributed by atoms with Crippen LogP contribution in [0.2, 0.25) is 0 Å². The monoisotopic (exact) mass is 385 g/mol. The molecule has 2 aromatic rings. The highest BCUT2D eigenvalue weighted by Gasteiger charge is 2.27. The Morgan fingerprint density at radius 1 is 0.963 bits per heavy atom.